The SMILES string of the molecule is Cc1cc(N)c(Cl)cc1NCCNC(=O)OC(C)(C)C. The Labute approximate surface area is 124 Å². The van der Waals surface area contributed by atoms with E-state index in [4.69, 9.17) is 22.1 Å². The number of benzene rings is 1. The lowest BCUT2D eigenvalue weighted by atomic mass is 10.2. The van der Waals surface area contributed by atoms with Crippen molar-refractivity contribution in [2.24, 2.45) is 0 Å². The molecule has 112 valence electrons. The average molecular weight is 300 g/mol. The second kappa shape index (κ2) is 6.70. The normalized spacial score (nSPS) is 11.1. The quantitative estimate of drug-likeness (QED) is 0.589. The van der Waals surface area contributed by atoms with Gasteiger partial charge in [0.15, 0.2) is 0 Å². The minimum atomic E-state index is -0.488. The summed E-state index contributed by atoms with van der Waals surface area (Å²) >= 11 is 5.97. The Morgan fingerprint density at radius 2 is 2.00 bits per heavy atom. The standard InChI is InChI=1S/C14H22ClN3O2/c1-9-7-11(16)10(15)8-12(9)17-5-6-18-13(19)20-14(2,3)4/h7-8,17H,5-6,16H2,1-4H3,(H,18,19). The van der Waals surface area contributed by atoms with Gasteiger partial charge in [-0.05, 0) is 45.4 Å². The van der Waals surface area contributed by atoms with E-state index in [1.54, 1.807) is 6.07 Å². The molecule has 1 aromatic carbocycles. The van der Waals surface area contributed by atoms with Gasteiger partial charge in [-0.1, -0.05) is 11.6 Å². The first-order chi connectivity index (χ1) is 9.19. The zero-order valence-corrected chi connectivity index (χ0v) is 13.1. The van der Waals surface area contributed by atoms with E-state index >= 15 is 0 Å². The number of nitrogens with one attached hydrogen (secondary N) is 2. The van der Waals surface area contributed by atoms with Crippen LogP contribution in [0.15, 0.2) is 12.1 Å². The molecular formula is C14H22ClN3O2. The summed E-state index contributed by atoms with van der Waals surface area (Å²) in [5, 5.41) is 6.37. The average Bonchev–Trinajstić information content (AvgIpc) is 2.28. The molecule has 6 heteroatoms. The third kappa shape index (κ3) is 5.57. The van der Waals surface area contributed by atoms with Crippen LogP contribution in [0, 0.1) is 6.92 Å². The van der Waals surface area contributed by atoms with E-state index in [2.05, 4.69) is 10.6 Å². The highest BCUT2D eigenvalue weighted by atomic mass is 35.5. The van der Waals surface area contributed by atoms with Crippen molar-refractivity contribution < 1.29 is 9.53 Å². The van der Waals surface area contributed by atoms with Gasteiger partial charge in [0.1, 0.15) is 5.60 Å². The summed E-state index contributed by atoms with van der Waals surface area (Å²) in [7, 11) is 0. The Morgan fingerprint density at radius 1 is 1.35 bits per heavy atom. The van der Waals surface area contributed by atoms with Crippen molar-refractivity contribution in [1.29, 1.82) is 0 Å². The van der Waals surface area contributed by atoms with Crippen LogP contribution < -0.4 is 16.4 Å². The Morgan fingerprint density at radius 3 is 2.60 bits per heavy atom. The molecule has 0 saturated carbocycles. The molecule has 1 amide bonds. The van der Waals surface area contributed by atoms with E-state index < -0.39 is 11.7 Å². The maximum absolute atomic E-state index is 11.4. The number of nitrogen functional groups attached to an aromatic ring is 1. The van der Waals surface area contributed by atoms with Gasteiger partial charge < -0.3 is 21.1 Å². The molecule has 0 fully saturated rings. The molecule has 0 aliphatic carbocycles. The number of carbonyl (C=O) groups excluding carboxylic acids is 1. The molecular weight excluding hydrogens is 278 g/mol. The van der Waals surface area contributed by atoms with Gasteiger partial charge in [-0.3, -0.25) is 0 Å². The predicted octanol–water partition coefficient (Wildman–Crippen LogP) is 3.17. The molecule has 20 heavy (non-hydrogen) atoms. The summed E-state index contributed by atoms with van der Waals surface area (Å²) in [6.45, 7) is 8.44. The van der Waals surface area contributed by atoms with Crippen molar-refractivity contribution in [2.75, 3.05) is 24.1 Å². The second-order valence-electron chi connectivity index (χ2n) is 5.54. The topological polar surface area (TPSA) is 76.4 Å². The van der Waals surface area contributed by atoms with Crippen LogP contribution in [0.5, 0.6) is 0 Å². The third-order valence-electron chi connectivity index (χ3n) is 2.45. The number of carbonyl (C=O) groups is 1. The molecule has 0 radical (unpaired) electrons. The Hall–Kier alpha value is -1.62. The van der Waals surface area contributed by atoms with Crippen molar-refractivity contribution in [3.63, 3.8) is 0 Å². The first kappa shape index (κ1) is 16.4. The van der Waals surface area contributed by atoms with Gasteiger partial charge >= 0.3 is 6.09 Å². The van der Waals surface area contributed by atoms with Gasteiger partial charge in [-0.25, -0.2) is 4.79 Å². The molecule has 4 N–H and O–H groups in total. The van der Waals surface area contributed by atoms with Crippen LogP contribution >= 0.6 is 11.6 Å². The Kier molecular flexibility index (Phi) is 5.51. The zero-order chi connectivity index (χ0) is 15.3. The van der Waals surface area contributed by atoms with Crippen molar-refractivity contribution in [3.05, 3.63) is 22.7 Å². The highest BCUT2D eigenvalue weighted by Gasteiger charge is 2.15. The molecule has 0 spiro atoms. The molecule has 1 rings (SSSR count). The molecule has 5 nitrogen and oxygen atoms in total. The van der Waals surface area contributed by atoms with E-state index in [9.17, 15) is 4.79 Å². The fraction of sp³-hybridized carbons (Fsp3) is 0.500. The van der Waals surface area contributed by atoms with Crippen LogP contribution in [0.3, 0.4) is 0 Å². The maximum Gasteiger partial charge on any atom is 0.407 e. The van der Waals surface area contributed by atoms with Crippen molar-refractivity contribution >= 4 is 29.1 Å². The predicted molar refractivity (Wildman–Crippen MR) is 83.3 cm³/mol. The van der Waals surface area contributed by atoms with E-state index in [0.29, 0.717) is 23.8 Å². The number of aryl methyl sites for hydroxylation is 1. The molecule has 0 aromatic heterocycles. The molecule has 0 saturated heterocycles. The third-order valence-corrected chi connectivity index (χ3v) is 2.78. The molecule has 0 aliphatic heterocycles. The highest BCUT2D eigenvalue weighted by molar-refractivity contribution is 6.33. The Bertz CT molecular complexity index is 484. The number of ether oxygens (including phenoxy) is 1. The van der Waals surface area contributed by atoms with Crippen LogP contribution in [-0.2, 0) is 4.74 Å². The largest absolute Gasteiger partial charge is 0.444 e. The van der Waals surface area contributed by atoms with Crippen LogP contribution in [0.2, 0.25) is 5.02 Å². The molecule has 0 aliphatic rings. The van der Waals surface area contributed by atoms with Crippen molar-refractivity contribution in [1.82, 2.24) is 5.32 Å². The summed E-state index contributed by atoms with van der Waals surface area (Å²) in [5.74, 6) is 0. The van der Waals surface area contributed by atoms with Crippen LogP contribution in [-0.4, -0.2) is 24.8 Å². The number of amides is 1. The summed E-state index contributed by atoms with van der Waals surface area (Å²) in [6, 6.07) is 3.59. The summed E-state index contributed by atoms with van der Waals surface area (Å²) < 4.78 is 5.13. The van der Waals surface area contributed by atoms with Gasteiger partial charge in [0.25, 0.3) is 0 Å². The van der Waals surface area contributed by atoms with E-state index in [1.807, 2.05) is 33.8 Å². The molecule has 1 aromatic rings. The molecule has 0 bridgehead atoms. The van der Waals surface area contributed by atoms with Gasteiger partial charge in [0.2, 0.25) is 0 Å². The smallest absolute Gasteiger partial charge is 0.407 e. The first-order valence-corrected chi connectivity index (χ1v) is 6.83. The van der Waals surface area contributed by atoms with Crippen LogP contribution in [0.1, 0.15) is 26.3 Å². The van der Waals surface area contributed by atoms with Crippen molar-refractivity contribution in [3.8, 4) is 0 Å². The van der Waals surface area contributed by atoms with Gasteiger partial charge in [-0.15, -0.1) is 0 Å². The lowest BCUT2D eigenvalue weighted by Gasteiger charge is -2.19. The molecule has 0 heterocycles. The zero-order valence-electron chi connectivity index (χ0n) is 12.3. The summed E-state index contributed by atoms with van der Waals surface area (Å²) in [6.07, 6.45) is -0.425. The van der Waals surface area contributed by atoms with Crippen LogP contribution in [0.25, 0.3) is 0 Å². The monoisotopic (exact) mass is 299 g/mol. The van der Waals surface area contributed by atoms with Gasteiger partial charge in [-0.2, -0.15) is 0 Å². The minimum Gasteiger partial charge on any atom is -0.444 e. The fourth-order valence-electron chi connectivity index (χ4n) is 1.57. The van der Waals surface area contributed by atoms with E-state index in [-0.39, 0.29) is 0 Å². The minimum absolute atomic E-state index is 0.425. The summed E-state index contributed by atoms with van der Waals surface area (Å²) in [4.78, 5) is 11.4. The number of anilines is 2. The molecule has 0 unspecified atom stereocenters. The highest BCUT2D eigenvalue weighted by Crippen LogP contribution is 2.26. The fourth-order valence-corrected chi connectivity index (χ4v) is 1.73. The number of halogens is 1. The van der Waals surface area contributed by atoms with Gasteiger partial charge in [0, 0.05) is 18.8 Å². The number of rotatable bonds is 4. The number of nitrogens with two attached hydrogens (primary N) is 1. The summed E-state index contributed by atoms with van der Waals surface area (Å²) in [5.41, 5.74) is 7.68. The second-order valence-corrected chi connectivity index (χ2v) is 5.95. The van der Waals surface area contributed by atoms with E-state index in [1.165, 1.54) is 0 Å². The number of hydrogen-bond donors (Lipinski definition) is 3. The van der Waals surface area contributed by atoms with Gasteiger partial charge in [0.05, 0.1) is 10.7 Å². The Balaban J connectivity index is 2.38. The van der Waals surface area contributed by atoms with Crippen LogP contribution in [0.4, 0.5) is 16.2 Å². The van der Waals surface area contributed by atoms with Crippen molar-refractivity contribution in [2.45, 2.75) is 33.3 Å². The van der Waals surface area contributed by atoms with E-state index in [0.717, 1.165) is 11.3 Å². The first-order valence-electron chi connectivity index (χ1n) is 6.45. The number of alkyl carbamates (subject to hydrolysis) is 1. The maximum atomic E-state index is 11.4. The number of hydrogen-bond acceptors (Lipinski definition) is 4. The lowest BCUT2D eigenvalue weighted by Crippen LogP contribution is -2.35. The molecule has 0 atom stereocenters. The lowest BCUT2D eigenvalue weighted by molar-refractivity contribution is 0.0530.